The highest BCUT2D eigenvalue weighted by molar-refractivity contribution is 5.33. The Labute approximate surface area is 122 Å². The summed E-state index contributed by atoms with van der Waals surface area (Å²) in [7, 11) is 2.14. The molecule has 0 radical (unpaired) electrons. The molecule has 20 heavy (non-hydrogen) atoms. The van der Waals surface area contributed by atoms with Crippen molar-refractivity contribution in [2.75, 3.05) is 33.3 Å². The van der Waals surface area contributed by atoms with Gasteiger partial charge in [0.25, 0.3) is 0 Å². The summed E-state index contributed by atoms with van der Waals surface area (Å²) in [4.78, 5) is 2.31. The zero-order valence-electron chi connectivity index (χ0n) is 12.8. The van der Waals surface area contributed by atoms with Crippen LogP contribution in [-0.2, 0) is 11.3 Å². The molecular formula is C16H26N2O2. The van der Waals surface area contributed by atoms with Crippen LogP contribution in [0.2, 0.25) is 0 Å². The van der Waals surface area contributed by atoms with Crippen molar-refractivity contribution >= 4 is 0 Å². The van der Waals surface area contributed by atoms with Crippen molar-refractivity contribution in [3.63, 3.8) is 0 Å². The molecule has 1 fully saturated rings. The van der Waals surface area contributed by atoms with Gasteiger partial charge in [-0.2, -0.15) is 0 Å². The molecule has 0 bridgehead atoms. The summed E-state index contributed by atoms with van der Waals surface area (Å²) in [5.41, 5.74) is 1.20. The first kappa shape index (κ1) is 15.3. The predicted molar refractivity (Wildman–Crippen MR) is 81.1 cm³/mol. The van der Waals surface area contributed by atoms with Crippen LogP contribution in [-0.4, -0.2) is 50.4 Å². The lowest BCUT2D eigenvalue weighted by Gasteiger charge is -2.30. The van der Waals surface area contributed by atoms with Crippen molar-refractivity contribution < 1.29 is 9.47 Å². The molecule has 0 spiro atoms. The summed E-state index contributed by atoms with van der Waals surface area (Å²) in [6.07, 6.45) is 0.485. The molecule has 1 unspecified atom stereocenters. The minimum absolute atomic E-state index is 0.200. The monoisotopic (exact) mass is 278 g/mol. The molecule has 0 saturated carbocycles. The van der Waals surface area contributed by atoms with Gasteiger partial charge in [-0.15, -0.1) is 0 Å². The molecule has 1 atom stereocenters. The summed E-state index contributed by atoms with van der Waals surface area (Å²) < 4.78 is 11.6. The van der Waals surface area contributed by atoms with Gasteiger partial charge < -0.3 is 19.7 Å². The van der Waals surface area contributed by atoms with E-state index in [4.69, 9.17) is 9.47 Å². The fraction of sp³-hybridized carbons (Fsp3) is 0.625. The van der Waals surface area contributed by atoms with Crippen LogP contribution in [0, 0.1) is 0 Å². The van der Waals surface area contributed by atoms with Crippen LogP contribution in [0.15, 0.2) is 24.3 Å². The first-order valence-corrected chi connectivity index (χ1v) is 7.40. The molecular weight excluding hydrogens is 252 g/mol. The second kappa shape index (κ2) is 7.62. The number of nitrogens with zero attached hydrogens (tertiary/aromatic N) is 1. The first-order chi connectivity index (χ1) is 9.65. The highest BCUT2D eigenvalue weighted by Crippen LogP contribution is 2.19. The van der Waals surface area contributed by atoms with E-state index in [2.05, 4.69) is 43.2 Å². The Hall–Kier alpha value is -1.10. The van der Waals surface area contributed by atoms with E-state index in [0.717, 1.165) is 38.5 Å². The highest BCUT2D eigenvalue weighted by atomic mass is 16.5. The van der Waals surface area contributed by atoms with Crippen LogP contribution in [0.3, 0.4) is 0 Å². The number of benzene rings is 1. The number of hydrogen-bond acceptors (Lipinski definition) is 4. The van der Waals surface area contributed by atoms with Gasteiger partial charge in [-0.05, 0) is 27.0 Å². The fourth-order valence-corrected chi connectivity index (χ4v) is 2.38. The molecule has 112 valence electrons. The van der Waals surface area contributed by atoms with E-state index >= 15 is 0 Å². The number of nitrogens with one attached hydrogen (secondary N) is 1. The van der Waals surface area contributed by atoms with Crippen LogP contribution in [0.1, 0.15) is 19.4 Å². The molecule has 1 N–H and O–H groups in total. The number of rotatable bonds is 6. The summed E-state index contributed by atoms with van der Waals surface area (Å²) in [6.45, 7) is 8.65. The smallest absolute Gasteiger partial charge is 0.124 e. The van der Waals surface area contributed by atoms with Gasteiger partial charge in [0.15, 0.2) is 0 Å². The Kier molecular flexibility index (Phi) is 5.83. The molecule has 0 aromatic heterocycles. The lowest BCUT2D eigenvalue weighted by molar-refractivity contribution is -0.0182. The highest BCUT2D eigenvalue weighted by Gasteiger charge is 2.17. The van der Waals surface area contributed by atoms with Crippen molar-refractivity contribution in [3.8, 4) is 5.75 Å². The second-order valence-electron chi connectivity index (χ2n) is 5.66. The maximum atomic E-state index is 5.83. The molecule has 1 aromatic rings. The maximum Gasteiger partial charge on any atom is 0.124 e. The third-order valence-electron chi connectivity index (χ3n) is 3.36. The summed E-state index contributed by atoms with van der Waals surface area (Å²) in [5, 5.41) is 3.47. The number of para-hydroxylation sites is 1. The van der Waals surface area contributed by atoms with Crippen LogP contribution in [0.4, 0.5) is 0 Å². The summed E-state index contributed by atoms with van der Waals surface area (Å²) >= 11 is 0. The van der Waals surface area contributed by atoms with Gasteiger partial charge in [0.1, 0.15) is 5.75 Å². The van der Waals surface area contributed by atoms with Crippen molar-refractivity contribution in [2.45, 2.75) is 32.6 Å². The standard InChI is InChI=1S/C16H26N2O2/c1-13(2)20-16-7-5-4-6-14(16)10-17-11-15-12-18(3)8-9-19-15/h4-7,13,15,17H,8-12H2,1-3H3. The van der Waals surface area contributed by atoms with Crippen LogP contribution >= 0.6 is 0 Å². The van der Waals surface area contributed by atoms with Crippen molar-refractivity contribution in [1.82, 2.24) is 10.2 Å². The average Bonchev–Trinajstić information content (AvgIpc) is 2.40. The van der Waals surface area contributed by atoms with Crippen molar-refractivity contribution in [2.24, 2.45) is 0 Å². The third kappa shape index (κ3) is 4.78. The lowest BCUT2D eigenvalue weighted by Crippen LogP contribution is -2.44. The zero-order chi connectivity index (χ0) is 14.4. The van der Waals surface area contributed by atoms with E-state index in [-0.39, 0.29) is 12.2 Å². The summed E-state index contributed by atoms with van der Waals surface area (Å²) in [6, 6.07) is 8.20. The van der Waals surface area contributed by atoms with E-state index in [1.165, 1.54) is 5.56 Å². The third-order valence-corrected chi connectivity index (χ3v) is 3.36. The molecule has 1 aromatic carbocycles. The van der Waals surface area contributed by atoms with Crippen LogP contribution < -0.4 is 10.1 Å². The van der Waals surface area contributed by atoms with Gasteiger partial charge >= 0.3 is 0 Å². The number of likely N-dealkylation sites (N-methyl/N-ethyl adjacent to an activating group) is 1. The topological polar surface area (TPSA) is 33.7 Å². The van der Waals surface area contributed by atoms with Crippen LogP contribution in [0.5, 0.6) is 5.75 Å². The molecule has 1 heterocycles. The minimum atomic E-state index is 0.200. The number of hydrogen-bond donors (Lipinski definition) is 1. The maximum absolute atomic E-state index is 5.83. The second-order valence-corrected chi connectivity index (χ2v) is 5.66. The van der Waals surface area contributed by atoms with Crippen LogP contribution in [0.25, 0.3) is 0 Å². The molecule has 4 nitrogen and oxygen atoms in total. The van der Waals surface area contributed by atoms with Gasteiger partial charge in [0, 0.05) is 31.7 Å². The SMILES string of the molecule is CC(C)Oc1ccccc1CNCC1CN(C)CCO1. The largest absolute Gasteiger partial charge is 0.491 e. The van der Waals surface area contributed by atoms with E-state index in [9.17, 15) is 0 Å². The average molecular weight is 278 g/mol. The number of morpholine rings is 1. The minimum Gasteiger partial charge on any atom is -0.491 e. The van der Waals surface area contributed by atoms with E-state index < -0.39 is 0 Å². The quantitative estimate of drug-likeness (QED) is 0.861. The Morgan fingerprint density at radius 1 is 1.40 bits per heavy atom. The van der Waals surface area contributed by atoms with Gasteiger partial charge in [-0.3, -0.25) is 0 Å². The molecule has 2 rings (SSSR count). The Balaban J connectivity index is 1.81. The Bertz CT molecular complexity index is 409. The van der Waals surface area contributed by atoms with E-state index in [0.29, 0.717) is 0 Å². The van der Waals surface area contributed by atoms with Crippen molar-refractivity contribution in [3.05, 3.63) is 29.8 Å². The Morgan fingerprint density at radius 2 is 2.20 bits per heavy atom. The van der Waals surface area contributed by atoms with Gasteiger partial charge in [0.05, 0.1) is 18.8 Å². The van der Waals surface area contributed by atoms with Gasteiger partial charge in [0.2, 0.25) is 0 Å². The number of ether oxygens (including phenoxy) is 2. The first-order valence-electron chi connectivity index (χ1n) is 7.40. The van der Waals surface area contributed by atoms with Crippen molar-refractivity contribution in [1.29, 1.82) is 0 Å². The predicted octanol–water partition coefficient (Wildman–Crippen LogP) is 1.89. The molecule has 1 saturated heterocycles. The summed E-state index contributed by atoms with van der Waals surface area (Å²) in [5.74, 6) is 0.969. The molecule has 0 aliphatic carbocycles. The normalized spacial score (nSPS) is 20.3. The molecule has 4 heteroatoms. The molecule has 1 aliphatic rings. The zero-order valence-corrected chi connectivity index (χ0v) is 12.8. The fourth-order valence-electron chi connectivity index (χ4n) is 2.38. The molecule has 0 amide bonds. The lowest BCUT2D eigenvalue weighted by atomic mass is 10.2. The van der Waals surface area contributed by atoms with E-state index in [1.54, 1.807) is 0 Å². The molecule has 1 aliphatic heterocycles. The Morgan fingerprint density at radius 3 is 2.95 bits per heavy atom. The van der Waals surface area contributed by atoms with Gasteiger partial charge in [-0.25, -0.2) is 0 Å². The van der Waals surface area contributed by atoms with E-state index in [1.807, 2.05) is 12.1 Å². The van der Waals surface area contributed by atoms with Gasteiger partial charge in [-0.1, -0.05) is 18.2 Å².